The molecule has 1 aromatic heterocycles. The number of imidazole rings is 1. The molecule has 1 aromatic rings. The van der Waals surface area contributed by atoms with Crippen LogP contribution in [0, 0.1) is 5.92 Å². The van der Waals surface area contributed by atoms with Gasteiger partial charge in [0.25, 0.3) is 5.91 Å². The number of fused-ring (bicyclic) bond motifs is 1. The van der Waals surface area contributed by atoms with Crippen molar-refractivity contribution in [3.8, 4) is 0 Å². The van der Waals surface area contributed by atoms with Crippen LogP contribution in [0.15, 0.2) is 47.0 Å². The van der Waals surface area contributed by atoms with E-state index in [0.29, 0.717) is 11.7 Å². The molecule has 1 aliphatic heterocycles. The first-order chi connectivity index (χ1) is 12.9. The maximum Gasteiger partial charge on any atom is 0.414 e. The van der Waals surface area contributed by atoms with Gasteiger partial charge in [0.05, 0.1) is 0 Å². The maximum absolute atomic E-state index is 12.3. The van der Waals surface area contributed by atoms with Crippen molar-refractivity contribution in [2.75, 3.05) is 13.7 Å². The molecule has 2 amide bonds. The third-order valence-corrected chi connectivity index (χ3v) is 4.69. The lowest BCUT2D eigenvalue weighted by molar-refractivity contribution is 0.0922. The summed E-state index contributed by atoms with van der Waals surface area (Å²) in [4.78, 5) is 28.2. The number of nitrogens with zero attached hydrogens (tertiary/aromatic N) is 5. The lowest BCUT2D eigenvalue weighted by atomic mass is 9.86. The minimum absolute atomic E-state index is 0.0221. The van der Waals surface area contributed by atoms with E-state index in [2.05, 4.69) is 39.9 Å². The highest BCUT2D eigenvalue weighted by atomic mass is 16.5. The van der Waals surface area contributed by atoms with Gasteiger partial charge in [0.15, 0.2) is 11.5 Å². The molecule has 1 aliphatic carbocycles. The maximum atomic E-state index is 12.3. The van der Waals surface area contributed by atoms with E-state index in [0.717, 1.165) is 24.8 Å². The largest absolute Gasteiger partial charge is 0.445 e. The smallest absolute Gasteiger partial charge is 0.414 e. The first-order valence-electron chi connectivity index (χ1n) is 8.60. The number of ether oxygens (including phenoxy) is 1. The Morgan fingerprint density at radius 1 is 1.44 bits per heavy atom. The molecule has 0 radical (unpaired) electrons. The molecule has 2 heterocycles. The van der Waals surface area contributed by atoms with E-state index in [1.165, 1.54) is 21.5 Å². The Hall–Kier alpha value is -3.23. The Kier molecular flexibility index (Phi) is 5.20. The van der Waals surface area contributed by atoms with Gasteiger partial charge in [-0.1, -0.05) is 30.0 Å². The van der Waals surface area contributed by atoms with E-state index < -0.39 is 12.0 Å². The Morgan fingerprint density at radius 3 is 2.89 bits per heavy atom. The van der Waals surface area contributed by atoms with Crippen LogP contribution >= 0.6 is 0 Å². The van der Waals surface area contributed by atoms with Gasteiger partial charge in [-0.05, 0) is 37.7 Å². The monoisotopic (exact) mass is 370 g/mol. The molecule has 27 heavy (non-hydrogen) atoms. The molecule has 0 fully saturated rings. The van der Waals surface area contributed by atoms with Gasteiger partial charge >= 0.3 is 6.09 Å². The van der Waals surface area contributed by atoms with Crippen molar-refractivity contribution in [1.82, 2.24) is 19.9 Å². The summed E-state index contributed by atoms with van der Waals surface area (Å²) in [7, 11) is 1.67. The minimum atomic E-state index is -0.826. The van der Waals surface area contributed by atoms with Crippen LogP contribution in [0.1, 0.15) is 36.7 Å². The minimum Gasteiger partial charge on any atom is -0.445 e. The van der Waals surface area contributed by atoms with Crippen LogP contribution in [-0.2, 0) is 4.74 Å². The van der Waals surface area contributed by atoms with E-state index >= 15 is 0 Å². The molecule has 9 heteroatoms. The predicted octanol–water partition coefficient (Wildman–Crippen LogP) is 3.42. The number of carbonyl (C=O) groups excluding carboxylic acids is 2. The summed E-state index contributed by atoms with van der Waals surface area (Å²) in [6.45, 7) is 10.00. The fraction of sp³-hybridized carbons (Fsp3) is 0.389. The SMILES string of the molecule is C=C(C)[C@@H]1CC=C(COC(=O)NC(=O)c2ncn3c2N=NN(C)C3=C)CC1. The number of hydrogen-bond donors (Lipinski definition) is 1. The molecule has 0 bridgehead atoms. The van der Waals surface area contributed by atoms with Crippen LogP contribution in [0.4, 0.5) is 10.6 Å². The predicted molar refractivity (Wildman–Crippen MR) is 98.9 cm³/mol. The summed E-state index contributed by atoms with van der Waals surface area (Å²) < 4.78 is 6.66. The summed E-state index contributed by atoms with van der Waals surface area (Å²) in [5, 5.41) is 11.4. The third-order valence-electron chi connectivity index (χ3n) is 4.69. The van der Waals surface area contributed by atoms with Gasteiger partial charge in [-0.3, -0.25) is 14.7 Å². The Bertz CT molecular complexity index is 866. The second-order valence-corrected chi connectivity index (χ2v) is 6.63. The van der Waals surface area contributed by atoms with Gasteiger partial charge in [-0.25, -0.2) is 14.8 Å². The zero-order valence-corrected chi connectivity index (χ0v) is 15.4. The van der Waals surface area contributed by atoms with Gasteiger partial charge in [0, 0.05) is 7.05 Å². The molecule has 9 nitrogen and oxygen atoms in total. The topological polar surface area (TPSA) is 101 Å². The van der Waals surface area contributed by atoms with Crippen molar-refractivity contribution in [1.29, 1.82) is 0 Å². The van der Waals surface area contributed by atoms with Gasteiger partial charge in [0.1, 0.15) is 18.8 Å². The molecular weight excluding hydrogens is 348 g/mol. The number of hydrogen-bond acceptors (Lipinski definition) is 7. The van der Waals surface area contributed by atoms with Crippen LogP contribution in [-0.4, -0.2) is 40.2 Å². The highest BCUT2D eigenvalue weighted by Crippen LogP contribution is 2.29. The zero-order chi connectivity index (χ0) is 19.6. The average molecular weight is 370 g/mol. The van der Waals surface area contributed by atoms with Crippen LogP contribution in [0.5, 0.6) is 0 Å². The van der Waals surface area contributed by atoms with Crippen molar-refractivity contribution in [2.24, 2.45) is 16.3 Å². The molecule has 3 rings (SSSR count). The number of alkyl carbamates (subject to hydrolysis) is 1. The van der Waals surface area contributed by atoms with E-state index in [1.807, 2.05) is 6.92 Å². The van der Waals surface area contributed by atoms with Crippen LogP contribution in [0.3, 0.4) is 0 Å². The molecule has 2 aliphatic rings. The Labute approximate surface area is 157 Å². The lowest BCUT2D eigenvalue weighted by Gasteiger charge is -2.22. The number of allylic oxidation sites excluding steroid dienone is 2. The standard InChI is InChI=1S/C18H22N6O3/c1-11(2)14-7-5-13(6-8-14)9-27-18(26)20-17(25)15-16-21-22-23(4)12(3)24(16)10-19-15/h5,10,14H,1,3,6-9H2,2,4H3,(H,20,25,26)/t14-/m1/s1. The second-order valence-electron chi connectivity index (χ2n) is 6.63. The van der Waals surface area contributed by atoms with Gasteiger partial charge < -0.3 is 4.74 Å². The first-order valence-corrected chi connectivity index (χ1v) is 8.60. The highest BCUT2D eigenvalue weighted by Gasteiger charge is 2.25. The normalized spacial score (nSPS) is 18.6. The molecule has 0 saturated heterocycles. The van der Waals surface area contributed by atoms with Gasteiger partial charge in [0.2, 0.25) is 0 Å². The summed E-state index contributed by atoms with van der Waals surface area (Å²) >= 11 is 0. The number of rotatable bonds is 4. The fourth-order valence-electron chi connectivity index (χ4n) is 2.92. The molecule has 142 valence electrons. The molecular formula is C18H22N6O3. The summed E-state index contributed by atoms with van der Waals surface area (Å²) in [6, 6.07) is 0. The van der Waals surface area contributed by atoms with E-state index in [-0.39, 0.29) is 18.1 Å². The summed E-state index contributed by atoms with van der Waals surface area (Å²) in [5.41, 5.74) is 2.19. The van der Waals surface area contributed by atoms with E-state index in [4.69, 9.17) is 4.74 Å². The average Bonchev–Trinajstić information content (AvgIpc) is 3.08. The number of amides is 2. The quantitative estimate of drug-likeness (QED) is 0.818. The molecule has 0 aromatic carbocycles. The second kappa shape index (κ2) is 7.56. The number of nitrogens with one attached hydrogen (secondary N) is 1. The molecule has 0 saturated carbocycles. The molecule has 0 spiro atoms. The molecule has 1 atom stereocenters. The zero-order valence-electron chi connectivity index (χ0n) is 15.4. The summed E-state index contributed by atoms with van der Waals surface area (Å²) in [5.74, 6) is 0.486. The Balaban J connectivity index is 1.55. The Morgan fingerprint density at radius 2 is 2.22 bits per heavy atom. The third kappa shape index (κ3) is 3.97. The van der Waals surface area contributed by atoms with Crippen molar-refractivity contribution in [3.63, 3.8) is 0 Å². The van der Waals surface area contributed by atoms with Crippen molar-refractivity contribution in [3.05, 3.63) is 42.4 Å². The number of imide groups is 1. The van der Waals surface area contributed by atoms with E-state index in [1.54, 1.807) is 7.05 Å². The fourth-order valence-corrected chi connectivity index (χ4v) is 2.92. The first kappa shape index (κ1) is 18.6. The van der Waals surface area contributed by atoms with Gasteiger partial charge in [-0.2, -0.15) is 0 Å². The van der Waals surface area contributed by atoms with Crippen LogP contribution < -0.4 is 5.32 Å². The number of aromatic nitrogens is 2. The van der Waals surface area contributed by atoms with E-state index in [9.17, 15) is 9.59 Å². The van der Waals surface area contributed by atoms with Crippen molar-refractivity contribution < 1.29 is 14.3 Å². The summed E-state index contributed by atoms with van der Waals surface area (Å²) in [6.07, 6.45) is 5.40. The van der Waals surface area contributed by atoms with Gasteiger partial charge in [-0.15, -0.1) is 5.11 Å². The molecule has 1 N–H and O–H groups in total. The molecule has 0 unspecified atom stereocenters. The van der Waals surface area contributed by atoms with Crippen LogP contribution in [0.2, 0.25) is 0 Å². The lowest BCUT2D eigenvalue weighted by Crippen LogP contribution is -2.32. The van der Waals surface area contributed by atoms with Crippen LogP contribution in [0.25, 0.3) is 5.82 Å². The van der Waals surface area contributed by atoms with Crippen molar-refractivity contribution in [2.45, 2.75) is 26.2 Å². The van der Waals surface area contributed by atoms with Crippen molar-refractivity contribution >= 4 is 23.6 Å². The highest BCUT2D eigenvalue weighted by molar-refractivity contribution is 6.04. The number of carbonyl (C=O) groups is 2.